The summed E-state index contributed by atoms with van der Waals surface area (Å²) in [5.41, 5.74) is 0.351. The van der Waals surface area contributed by atoms with Gasteiger partial charge in [0.1, 0.15) is 0 Å². The van der Waals surface area contributed by atoms with Gasteiger partial charge in [-0.2, -0.15) is 5.26 Å². The molecule has 0 aromatic heterocycles. The van der Waals surface area contributed by atoms with Crippen LogP contribution in [0.4, 0.5) is 0 Å². The number of hydrogen-bond acceptors (Lipinski definition) is 4. The van der Waals surface area contributed by atoms with Crippen LogP contribution in [0.2, 0.25) is 0 Å². The van der Waals surface area contributed by atoms with Crippen molar-refractivity contribution in [2.24, 2.45) is 0 Å². The summed E-state index contributed by atoms with van der Waals surface area (Å²) in [6.45, 7) is 4.49. The summed E-state index contributed by atoms with van der Waals surface area (Å²) in [6, 6.07) is 8.31. The average molecular weight is 293 g/mol. The maximum atomic E-state index is 12.2. The summed E-state index contributed by atoms with van der Waals surface area (Å²) < 4.78 is 27.1. The Bertz CT molecular complexity index is 607. The molecule has 0 radical (unpaired) electrons. The average Bonchev–Trinajstić information content (AvgIpc) is 2.93. The molecule has 0 amide bonds. The fraction of sp³-hybridized carbons (Fsp3) is 0.500. The third-order valence-corrected chi connectivity index (χ3v) is 5.11. The molecule has 1 unspecified atom stereocenters. The van der Waals surface area contributed by atoms with Crippen LogP contribution >= 0.6 is 0 Å². The number of benzene rings is 1. The summed E-state index contributed by atoms with van der Waals surface area (Å²) in [4.78, 5) is 2.44. The van der Waals surface area contributed by atoms with Crippen molar-refractivity contribution in [3.63, 3.8) is 0 Å². The van der Waals surface area contributed by atoms with E-state index in [9.17, 15) is 8.42 Å². The lowest BCUT2D eigenvalue weighted by atomic mass is 10.2. The summed E-state index contributed by atoms with van der Waals surface area (Å²) in [7, 11) is -3.54. The summed E-state index contributed by atoms with van der Waals surface area (Å²) in [5.74, 6) is 0. The van der Waals surface area contributed by atoms with E-state index in [0.717, 1.165) is 25.9 Å². The highest BCUT2D eigenvalue weighted by Gasteiger charge is 2.25. The molecule has 1 aromatic rings. The van der Waals surface area contributed by atoms with Crippen LogP contribution in [0, 0.1) is 11.3 Å². The zero-order valence-electron chi connectivity index (χ0n) is 11.5. The first-order chi connectivity index (χ1) is 9.56. The maximum absolute atomic E-state index is 12.2. The molecule has 0 spiro atoms. The molecular weight excluding hydrogens is 274 g/mol. The number of nitriles is 1. The monoisotopic (exact) mass is 293 g/mol. The van der Waals surface area contributed by atoms with Crippen molar-refractivity contribution in [1.82, 2.24) is 9.62 Å². The van der Waals surface area contributed by atoms with E-state index in [1.807, 2.05) is 6.07 Å². The zero-order chi connectivity index (χ0) is 14.6. The van der Waals surface area contributed by atoms with E-state index >= 15 is 0 Å². The number of likely N-dealkylation sites (tertiary alicyclic amines) is 1. The van der Waals surface area contributed by atoms with E-state index in [1.165, 1.54) is 12.1 Å². The predicted octanol–water partition coefficient (Wildman–Crippen LogP) is 1.32. The molecule has 1 aliphatic rings. The van der Waals surface area contributed by atoms with Gasteiger partial charge in [-0.25, -0.2) is 13.1 Å². The van der Waals surface area contributed by atoms with Crippen LogP contribution in [0.15, 0.2) is 29.2 Å². The van der Waals surface area contributed by atoms with Gasteiger partial charge in [0.15, 0.2) is 0 Å². The Labute approximate surface area is 120 Å². The lowest BCUT2D eigenvalue weighted by Crippen LogP contribution is -2.39. The van der Waals surface area contributed by atoms with Gasteiger partial charge in [-0.1, -0.05) is 13.0 Å². The van der Waals surface area contributed by atoms with E-state index in [4.69, 9.17) is 5.26 Å². The second kappa shape index (κ2) is 6.35. The van der Waals surface area contributed by atoms with Crippen molar-refractivity contribution >= 4 is 10.0 Å². The predicted molar refractivity (Wildman–Crippen MR) is 76.6 cm³/mol. The molecule has 0 saturated carbocycles. The second-order valence-corrected chi connectivity index (χ2v) is 6.68. The van der Waals surface area contributed by atoms with Crippen LogP contribution in [0.25, 0.3) is 0 Å². The molecule has 108 valence electrons. The SMILES string of the molecule is CCN1CCCC1CNS(=O)(=O)c1cccc(C#N)c1. The topological polar surface area (TPSA) is 73.2 Å². The molecule has 2 rings (SSSR count). The van der Waals surface area contributed by atoms with Crippen LogP contribution in [-0.4, -0.2) is 39.0 Å². The largest absolute Gasteiger partial charge is 0.299 e. The molecule has 1 N–H and O–H groups in total. The van der Waals surface area contributed by atoms with Gasteiger partial charge in [0.2, 0.25) is 10.0 Å². The van der Waals surface area contributed by atoms with E-state index in [2.05, 4.69) is 16.5 Å². The van der Waals surface area contributed by atoms with Gasteiger partial charge in [0.05, 0.1) is 16.5 Å². The zero-order valence-corrected chi connectivity index (χ0v) is 12.4. The molecule has 1 atom stereocenters. The molecule has 1 fully saturated rings. The first kappa shape index (κ1) is 15.0. The van der Waals surface area contributed by atoms with Gasteiger partial charge in [-0.3, -0.25) is 4.90 Å². The van der Waals surface area contributed by atoms with E-state index in [1.54, 1.807) is 12.1 Å². The molecule has 1 aromatic carbocycles. The maximum Gasteiger partial charge on any atom is 0.240 e. The van der Waals surface area contributed by atoms with Gasteiger partial charge in [0, 0.05) is 12.6 Å². The van der Waals surface area contributed by atoms with Crippen LogP contribution in [0.3, 0.4) is 0 Å². The summed E-state index contributed by atoms with van der Waals surface area (Å²) in [5, 5.41) is 8.83. The first-order valence-corrected chi connectivity index (χ1v) is 8.29. The van der Waals surface area contributed by atoms with Gasteiger partial charge >= 0.3 is 0 Å². The highest BCUT2D eigenvalue weighted by molar-refractivity contribution is 7.89. The molecule has 0 aliphatic carbocycles. The number of hydrogen-bond donors (Lipinski definition) is 1. The van der Waals surface area contributed by atoms with Crippen molar-refractivity contribution in [2.45, 2.75) is 30.7 Å². The molecule has 0 bridgehead atoms. The molecule has 1 heterocycles. The lowest BCUT2D eigenvalue weighted by molar-refractivity contribution is 0.268. The third kappa shape index (κ3) is 3.37. The fourth-order valence-corrected chi connectivity index (χ4v) is 3.68. The van der Waals surface area contributed by atoms with Crippen molar-refractivity contribution in [3.05, 3.63) is 29.8 Å². The van der Waals surface area contributed by atoms with Crippen molar-refractivity contribution in [3.8, 4) is 6.07 Å². The third-order valence-electron chi connectivity index (χ3n) is 3.69. The quantitative estimate of drug-likeness (QED) is 0.888. The Hall–Kier alpha value is -1.42. The molecule has 20 heavy (non-hydrogen) atoms. The Balaban J connectivity index is 2.06. The Kier molecular flexibility index (Phi) is 4.76. The van der Waals surface area contributed by atoms with Gasteiger partial charge in [0.25, 0.3) is 0 Å². The van der Waals surface area contributed by atoms with Crippen LogP contribution in [0.1, 0.15) is 25.3 Å². The highest BCUT2D eigenvalue weighted by atomic mass is 32.2. The van der Waals surface area contributed by atoms with Crippen LogP contribution in [0.5, 0.6) is 0 Å². The fourth-order valence-electron chi connectivity index (χ4n) is 2.56. The van der Waals surface area contributed by atoms with E-state index < -0.39 is 10.0 Å². The number of sulfonamides is 1. The number of nitrogens with one attached hydrogen (secondary N) is 1. The van der Waals surface area contributed by atoms with Crippen molar-refractivity contribution < 1.29 is 8.42 Å². The Morgan fingerprint density at radius 3 is 3.00 bits per heavy atom. The second-order valence-electron chi connectivity index (χ2n) is 4.92. The Morgan fingerprint density at radius 2 is 2.30 bits per heavy atom. The molecule has 1 saturated heterocycles. The summed E-state index contributed by atoms with van der Waals surface area (Å²) in [6.07, 6.45) is 2.14. The molecule has 5 nitrogen and oxygen atoms in total. The Morgan fingerprint density at radius 1 is 1.50 bits per heavy atom. The number of nitrogens with zero attached hydrogens (tertiary/aromatic N) is 2. The first-order valence-electron chi connectivity index (χ1n) is 6.80. The normalized spacial score (nSPS) is 19.9. The molecule has 6 heteroatoms. The molecule has 1 aliphatic heterocycles. The number of rotatable bonds is 5. The van der Waals surface area contributed by atoms with Gasteiger partial charge < -0.3 is 0 Å². The minimum Gasteiger partial charge on any atom is -0.299 e. The van der Waals surface area contributed by atoms with Crippen LogP contribution in [-0.2, 0) is 10.0 Å². The van der Waals surface area contributed by atoms with Crippen molar-refractivity contribution in [1.29, 1.82) is 5.26 Å². The standard InChI is InChI=1S/C14H19N3O2S/c1-2-17-8-4-6-13(17)11-16-20(18,19)14-7-3-5-12(9-14)10-15/h3,5,7,9,13,16H,2,4,6,8,11H2,1H3. The van der Waals surface area contributed by atoms with Gasteiger partial charge in [-0.05, 0) is 44.1 Å². The van der Waals surface area contributed by atoms with E-state index in [-0.39, 0.29) is 10.9 Å². The van der Waals surface area contributed by atoms with E-state index in [0.29, 0.717) is 12.1 Å². The van der Waals surface area contributed by atoms with Gasteiger partial charge in [-0.15, -0.1) is 0 Å². The number of likely N-dealkylation sites (N-methyl/N-ethyl adjacent to an activating group) is 1. The van der Waals surface area contributed by atoms with Crippen LogP contribution < -0.4 is 4.72 Å². The lowest BCUT2D eigenvalue weighted by Gasteiger charge is -2.22. The minimum absolute atomic E-state index is 0.151. The van der Waals surface area contributed by atoms with Crippen molar-refractivity contribution in [2.75, 3.05) is 19.6 Å². The highest BCUT2D eigenvalue weighted by Crippen LogP contribution is 2.17. The summed E-state index contributed by atoms with van der Waals surface area (Å²) >= 11 is 0. The smallest absolute Gasteiger partial charge is 0.240 e. The molecular formula is C14H19N3O2S. The minimum atomic E-state index is -3.54.